The van der Waals surface area contributed by atoms with Gasteiger partial charge in [0.1, 0.15) is 5.75 Å². The summed E-state index contributed by atoms with van der Waals surface area (Å²) in [5.41, 5.74) is 1.22. The zero-order valence-corrected chi connectivity index (χ0v) is 11.4. The molecule has 0 bridgehead atoms. The molecular formula is C17H14OS. The smallest absolute Gasteiger partial charge is 0.130 e. The van der Waals surface area contributed by atoms with E-state index in [1.165, 1.54) is 10.5 Å². The highest BCUT2D eigenvalue weighted by Gasteiger charge is 2.09. The fourth-order valence-corrected chi connectivity index (χ4v) is 3.18. The standard InChI is InChI=1S/C17H14OS/c1-12-6-2-5-9-16(12)19-17-14-8-4-3-7-13(14)10-11-15(17)18/h2-11,18H,1H3. The molecule has 19 heavy (non-hydrogen) atoms. The quantitative estimate of drug-likeness (QED) is 0.704. The highest BCUT2D eigenvalue weighted by molar-refractivity contribution is 7.99. The van der Waals surface area contributed by atoms with Crippen LogP contribution in [0.25, 0.3) is 10.8 Å². The molecule has 3 rings (SSSR count). The van der Waals surface area contributed by atoms with Gasteiger partial charge in [-0.1, -0.05) is 60.3 Å². The number of phenols is 1. The molecule has 2 heteroatoms. The number of aromatic hydroxyl groups is 1. The SMILES string of the molecule is Cc1ccccc1Sc1c(O)ccc2ccccc12. The van der Waals surface area contributed by atoms with E-state index in [-0.39, 0.29) is 0 Å². The van der Waals surface area contributed by atoms with E-state index in [9.17, 15) is 5.11 Å². The maximum atomic E-state index is 10.1. The van der Waals surface area contributed by atoms with E-state index < -0.39 is 0 Å². The molecule has 3 aromatic rings. The van der Waals surface area contributed by atoms with Gasteiger partial charge in [-0.15, -0.1) is 0 Å². The van der Waals surface area contributed by atoms with Crippen molar-refractivity contribution in [2.24, 2.45) is 0 Å². The van der Waals surface area contributed by atoms with Gasteiger partial charge in [0, 0.05) is 4.90 Å². The summed E-state index contributed by atoms with van der Waals surface area (Å²) in [5.74, 6) is 0.340. The van der Waals surface area contributed by atoms with E-state index in [2.05, 4.69) is 31.2 Å². The predicted octanol–water partition coefficient (Wildman–Crippen LogP) is 5.01. The summed E-state index contributed by atoms with van der Waals surface area (Å²) < 4.78 is 0. The first-order valence-corrected chi connectivity index (χ1v) is 7.01. The fraction of sp³-hybridized carbons (Fsp3) is 0.0588. The molecule has 1 nitrogen and oxygen atoms in total. The zero-order valence-electron chi connectivity index (χ0n) is 10.6. The lowest BCUT2D eigenvalue weighted by atomic mass is 10.1. The summed E-state index contributed by atoms with van der Waals surface area (Å²) in [6.07, 6.45) is 0. The van der Waals surface area contributed by atoms with Crippen LogP contribution in [0.15, 0.2) is 70.5 Å². The second kappa shape index (κ2) is 4.98. The van der Waals surface area contributed by atoms with E-state index in [0.717, 1.165) is 15.7 Å². The highest BCUT2D eigenvalue weighted by Crippen LogP contribution is 2.40. The first-order valence-electron chi connectivity index (χ1n) is 6.20. The van der Waals surface area contributed by atoms with Crippen molar-refractivity contribution < 1.29 is 5.11 Å². The van der Waals surface area contributed by atoms with Crippen molar-refractivity contribution in [3.05, 3.63) is 66.2 Å². The van der Waals surface area contributed by atoms with Crippen molar-refractivity contribution in [3.8, 4) is 5.75 Å². The maximum absolute atomic E-state index is 10.1. The fourth-order valence-electron chi connectivity index (χ4n) is 2.12. The Morgan fingerprint density at radius 3 is 2.42 bits per heavy atom. The Kier molecular flexibility index (Phi) is 3.18. The second-order valence-corrected chi connectivity index (χ2v) is 5.55. The van der Waals surface area contributed by atoms with Gasteiger partial charge in [0.15, 0.2) is 0 Å². The number of phenolic OH excluding ortho intramolecular Hbond substituents is 1. The molecule has 0 aliphatic rings. The minimum Gasteiger partial charge on any atom is -0.507 e. The Hall–Kier alpha value is -1.93. The van der Waals surface area contributed by atoms with Crippen molar-refractivity contribution in [1.29, 1.82) is 0 Å². The molecule has 0 fully saturated rings. The highest BCUT2D eigenvalue weighted by atomic mass is 32.2. The number of hydrogen-bond donors (Lipinski definition) is 1. The van der Waals surface area contributed by atoms with Gasteiger partial charge < -0.3 is 5.11 Å². The topological polar surface area (TPSA) is 20.2 Å². The summed E-state index contributed by atoms with van der Waals surface area (Å²) in [6.45, 7) is 2.09. The van der Waals surface area contributed by atoms with Crippen molar-refractivity contribution in [1.82, 2.24) is 0 Å². The second-order valence-electron chi connectivity index (χ2n) is 4.50. The Morgan fingerprint density at radius 2 is 1.58 bits per heavy atom. The number of rotatable bonds is 2. The number of fused-ring (bicyclic) bond motifs is 1. The number of hydrogen-bond acceptors (Lipinski definition) is 2. The van der Waals surface area contributed by atoms with Crippen LogP contribution in [-0.4, -0.2) is 5.11 Å². The molecule has 0 unspecified atom stereocenters. The Balaban J connectivity index is 2.15. The van der Waals surface area contributed by atoms with Gasteiger partial charge in [0.25, 0.3) is 0 Å². The lowest BCUT2D eigenvalue weighted by Crippen LogP contribution is -1.82. The van der Waals surface area contributed by atoms with Gasteiger partial charge >= 0.3 is 0 Å². The molecular weight excluding hydrogens is 252 g/mol. The normalized spacial score (nSPS) is 10.8. The average Bonchev–Trinajstić information content (AvgIpc) is 2.44. The average molecular weight is 266 g/mol. The minimum absolute atomic E-state index is 0.340. The van der Waals surface area contributed by atoms with Gasteiger partial charge in [-0.3, -0.25) is 0 Å². The van der Waals surface area contributed by atoms with Crippen LogP contribution in [0.3, 0.4) is 0 Å². The van der Waals surface area contributed by atoms with Crippen LogP contribution in [0.1, 0.15) is 5.56 Å². The number of benzene rings is 3. The summed E-state index contributed by atoms with van der Waals surface area (Å²) in [5, 5.41) is 12.4. The molecule has 94 valence electrons. The van der Waals surface area contributed by atoms with E-state index in [4.69, 9.17) is 0 Å². The molecule has 0 atom stereocenters. The van der Waals surface area contributed by atoms with E-state index in [1.807, 2.05) is 30.3 Å². The summed E-state index contributed by atoms with van der Waals surface area (Å²) in [4.78, 5) is 2.10. The molecule has 0 radical (unpaired) electrons. The van der Waals surface area contributed by atoms with Crippen LogP contribution in [0.5, 0.6) is 5.75 Å². The number of aryl methyl sites for hydroxylation is 1. The van der Waals surface area contributed by atoms with Gasteiger partial charge in [-0.05, 0) is 35.4 Å². The summed E-state index contributed by atoms with van der Waals surface area (Å²) in [7, 11) is 0. The van der Waals surface area contributed by atoms with E-state index >= 15 is 0 Å². The molecule has 1 N–H and O–H groups in total. The lowest BCUT2D eigenvalue weighted by Gasteiger charge is -2.10. The predicted molar refractivity (Wildman–Crippen MR) is 80.9 cm³/mol. The first-order chi connectivity index (χ1) is 9.25. The van der Waals surface area contributed by atoms with Crippen LogP contribution in [0.4, 0.5) is 0 Å². The molecule has 0 aromatic heterocycles. The lowest BCUT2D eigenvalue weighted by molar-refractivity contribution is 0.464. The Morgan fingerprint density at radius 1 is 0.842 bits per heavy atom. The van der Waals surface area contributed by atoms with Gasteiger partial charge in [0.05, 0.1) is 4.90 Å². The molecule has 0 saturated carbocycles. The Labute approximate surface area is 116 Å². The van der Waals surface area contributed by atoms with Crippen molar-refractivity contribution >= 4 is 22.5 Å². The molecule has 0 aliphatic heterocycles. The molecule has 0 amide bonds. The third kappa shape index (κ3) is 2.32. The molecule has 0 spiro atoms. The maximum Gasteiger partial charge on any atom is 0.130 e. The van der Waals surface area contributed by atoms with Crippen molar-refractivity contribution in [2.45, 2.75) is 16.7 Å². The third-order valence-electron chi connectivity index (χ3n) is 3.16. The minimum atomic E-state index is 0.340. The van der Waals surface area contributed by atoms with Crippen LogP contribution in [0, 0.1) is 6.92 Å². The summed E-state index contributed by atoms with van der Waals surface area (Å²) >= 11 is 1.62. The first kappa shape index (κ1) is 12.1. The van der Waals surface area contributed by atoms with E-state index in [1.54, 1.807) is 17.8 Å². The monoisotopic (exact) mass is 266 g/mol. The van der Waals surface area contributed by atoms with Crippen LogP contribution < -0.4 is 0 Å². The van der Waals surface area contributed by atoms with Crippen LogP contribution in [-0.2, 0) is 0 Å². The molecule has 0 heterocycles. The van der Waals surface area contributed by atoms with Gasteiger partial charge in [-0.2, -0.15) is 0 Å². The summed E-state index contributed by atoms with van der Waals surface area (Å²) in [6, 6.07) is 20.1. The van der Waals surface area contributed by atoms with Crippen molar-refractivity contribution in [2.75, 3.05) is 0 Å². The molecule has 0 aliphatic carbocycles. The Bertz CT molecular complexity index is 734. The zero-order chi connectivity index (χ0) is 13.2. The van der Waals surface area contributed by atoms with Gasteiger partial charge in [0.2, 0.25) is 0 Å². The van der Waals surface area contributed by atoms with Gasteiger partial charge in [-0.25, -0.2) is 0 Å². The van der Waals surface area contributed by atoms with Crippen LogP contribution in [0.2, 0.25) is 0 Å². The molecule has 0 saturated heterocycles. The third-order valence-corrected chi connectivity index (χ3v) is 4.48. The van der Waals surface area contributed by atoms with Crippen molar-refractivity contribution in [3.63, 3.8) is 0 Å². The van der Waals surface area contributed by atoms with E-state index in [0.29, 0.717) is 5.75 Å². The van der Waals surface area contributed by atoms with Crippen LogP contribution >= 0.6 is 11.8 Å². The largest absolute Gasteiger partial charge is 0.507 e. The molecule has 3 aromatic carbocycles.